The lowest BCUT2D eigenvalue weighted by Crippen LogP contribution is -2.27. The molecule has 116 valence electrons. The van der Waals surface area contributed by atoms with E-state index in [1.807, 2.05) is 0 Å². The summed E-state index contributed by atoms with van der Waals surface area (Å²) in [4.78, 5) is 0. The van der Waals surface area contributed by atoms with E-state index < -0.39 is 22.3 Å². The second-order valence-electron chi connectivity index (χ2n) is 4.40. The molecule has 0 bridgehead atoms. The van der Waals surface area contributed by atoms with Gasteiger partial charge in [0.1, 0.15) is 5.69 Å². The molecular formula is C13H9F3N2O3S. The van der Waals surface area contributed by atoms with Gasteiger partial charge < -0.3 is 4.74 Å². The van der Waals surface area contributed by atoms with E-state index in [-0.39, 0.29) is 17.1 Å². The zero-order chi connectivity index (χ0) is 16.0. The van der Waals surface area contributed by atoms with E-state index >= 15 is 0 Å². The van der Waals surface area contributed by atoms with Gasteiger partial charge in [0.25, 0.3) is 0 Å². The number of halogens is 3. The summed E-state index contributed by atoms with van der Waals surface area (Å²) in [5.74, 6) is -0.600. The summed E-state index contributed by atoms with van der Waals surface area (Å²) in [6.45, 7) is 0. The van der Waals surface area contributed by atoms with Gasteiger partial charge >= 0.3 is 16.6 Å². The van der Waals surface area contributed by atoms with Crippen molar-refractivity contribution >= 4 is 27.3 Å². The molecule has 0 atom stereocenters. The molecule has 1 aliphatic heterocycles. The Kier molecular flexibility index (Phi) is 3.17. The fraction of sp³-hybridized carbons (Fsp3) is 0.0769. The third-order valence-electron chi connectivity index (χ3n) is 2.91. The Morgan fingerprint density at radius 2 is 1.55 bits per heavy atom. The highest BCUT2D eigenvalue weighted by molar-refractivity contribution is 7.95. The predicted molar refractivity (Wildman–Crippen MR) is 74.2 cm³/mol. The van der Waals surface area contributed by atoms with Crippen LogP contribution < -0.4 is 13.8 Å². The Hall–Kier alpha value is -2.42. The van der Waals surface area contributed by atoms with Crippen LogP contribution in [0.15, 0.2) is 48.5 Å². The standard InChI is InChI=1S/C13H9F3N2O3S/c14-13(15,16)21-12-8-4-3-7-11(12)18-10-6-2-1-5-9(10)17-22(18,19)20/h1-8,17H. The molecule has 0 amide bonds. The SMILES string of the molecule is O=S1(=O)Nc2ccccc2N1c1ccccc1OC(F)(F)F. The van der Waals surface area contributed by atoms with Crippen LogP contribution in [-0.4, -0.2) is 14.8 Å². The predicted octanol–water partition coefficient (Wildman–Crippen LogP) is 3.39. The van der Waals surface area contributed by atoms with Crippen molar-refractivity contribution < 1.29 is 26.3 Å². The van der Waals surface area contributed by atoms with Crippen molar-refractivity contribution in [2.24, 2.45) is 0 Å². The first-order valence-electron chi connectivity index (χ1n) is 6.05. The summed E-state index contributed by atoms with van der Waals surface area (Å²) in [6.07, 6.45) is -4.92. The number of benzene rings is 2. The van der Waals surface area contributed by atoms with E-state index in [0.717, 1.165) is 10.4 Å². The van der Waals surface area contributed by atoms with Crippen LogP contribution in [0.4, 0.5) is 30.2 Å². The normalized spacial score (nSPS) is 16.0. The number of hydrogen-bond acceptors (Lipinski definition) is 3. The van der Waals surface area contributed by atoms with E-state index in [2.05, 4.69) is 9.46 Å². The molecule has 9 heteroatoms. The second-order valence-corrected chi connectivity index (χ2v) is 5.92. The Bertz CT molecular complexity index is 821. The highest BCUT2D eigenvalue weighted by Crippen LogP contribution is 2.45. The molecule has 0 saturated heterocycles. The minimum absolute atomic E-state index is 0.223. The summed E-state index contributed by atoms with van der Waals surface area (Å²) in [7, 11) is -4.04. The maximum absolute atomic E-state index is 12.5. The van der Waals surface area contributed by atoms with Crippen LogP contribution in [0.3, 0.4) is 0 Å². The molecular weight excluding hydrogens is 321 g/mol. The first-order chi connectivity index (χ1) is 10.3. The molecule has 0 unspecified atom stereocenters. The minimum Gasteiger partial charge on any atom is -0.404 e. The van der Waals surface area contributed by atoms with Crippen LogP contribution in [0.5, 0.6) is 5.75 Å². The fourth-order valence-electron chi connectivity index (χ4n) is 2.15. The van der Waals surface area contributed by atoms with Gasteiger partial charge in [0.05, 0.1) is 11.4 Å². The number of para-hydroxylation sites is 4. The van der Waals surface area contributed by atoms with Crippen LogP contribution in [0.25, 0.3) is 0 Å². The summed E-state index contributed by atoms with van der Waals surface area (Å²) >= 11 is 0. The summed E-state index contributed by atoms with van der Waals surface area (Å²) in [6, 6.07) is 11.2. The van der Waals surface area contributed by atoms with Gasteiger partial charge in [-0.2, -0.15) is 8.42 Å². The topological polar surface area (TPSA) is 58.6 Å². The van der Waals surface area contributed by atoms with Gasteiger partial charge in [-0.05, 0) is 24.3 Å². The van der Waals surface area contributed by atoms with Crippen LogP contribution in [0.1, 0.15) is 0 Å². The van der Waals surface area contributed by atoms with E-state index in [4.69, 9.17) is 0 Å². The number of rotatable bonds is 2. The van der Waals surface area contributed by atoms with Crippen molar-refractivity contribution in [3.63, 3.8) is 0 Å². The smallest absolute Gasteiger partial charge is 0.404 e. The minimum atomic E-state index is -4.92. The summed E-state index contributed by atoms with van der Waals surface area (Å²) in [5, 5.41) is 0. The van der Waals surface area contributed by atoms with Crippen LogP contribution in [-0.2, 0) is 10.2 Å². The quantitative estimate of drug-likeness (QED) is 0.918. The molecule has 2 aromatic rings. The van der Waals surface area contributed by atoms with Crippen molar-refractivity contribution in [2.45, 2.75) is 6.36 Å². The Labute approximate surface area is 124 Å². The van der Waals surface area contributed by atoms with E-state index in [1.165, 1.54) is 30.3 Å². The molecule has 0 saturated carbocycles. The first-order valence-corrected chi connectivity index (χ1v) is 7.49. The molecule has 2 aromatic carbocycles. The van der Waals surface area contributed by atoms with Gasteiger partial charge in [-0.3, -0.25) is 4.72 Å². The largest absolute Gasteiger partial charge is 0.573 e. The second kappa shape index (κ2) is 4.80. The lowest BCUT2D eigenvalue weighted by Gasteiger charge is -2.20. The van der Waals surface area contributed by atoms with Gasteiger partial charge in [0.15, 0.2) is 5.75 Å². The van der Waals surface area contributed by atoms with Crippen molar-refractivity contribution in [1.82, 2.24) is 0 Å². The Balaban J connectivity index is 2.15. The van der Waals surface area contributed by atoms with E-state index in [1.54, 1.807) is 12.1 Å². The first kappa shape index (κ1) is 14.5. The van der Waals surface area contributed by atoms with Crippen LogP contribution in [0.2, 0.25) is 0 Å². The van der Waals surface area contributed by atoms with Crippen LogP contribution >= 0.6 is 0 Å². The molecule has 3 rings (SSSR count). The zero-order valence-corrected chi connectivity index (χ0v) is 11.6. The molecule has 0 spiro atoms. The number of hydrogen-bond donors (Lipinski definition) is 1. The van der Waals surface area contributed by atoms with Crippen molar-refractivity contribution in [1.29, 1.82) is 0 Å². The summed E-state index contributed by atoms with van der Waals surface area (Å²) in [5.41, 5.74) is 0.280. The van der Waals surface area contributed by atoms with Crippen molar-refractivity contribution in [3.05, 3.63) is 48.5 Å². The fourth-order valence-corrected chi connectivity index (χ4v) is 3.52. The zero-order valence-electron chi connectivity index (χ0n) is 10.8. The average molecular weight is 330 g/mol. The van der Waals surface area contributed by atoms with E-state index in [9.17, 15) is 21.6 Å². The average Bonchev–Trinajstić information content (AvgIpc) is 2.67. The van der Waals surface area contributed by atoms with Gasteiger partial charge in [0.2, 0.25) is 0 Å². The molecule has 1 aliphatic rings. The Morgan fingerprint density at radius 3 is 2.23 bits per heavy atom. The number of alkyl halides is 3. The lowest BCUT2D eigenvalue weighted by molar-refractivity contribution is -0.274. The Morgan fingerprint density at radius 1 is 0.955 bits per heavy atom. The molecule has 22 heavy (non-hydrogen) atoms. The monoisotopic (exact) mass is 330 g/mol. The van der Waals surface area contributed by atoms with Crippen molar-refractivity contribution in [3.8, 4) is 5.75 Å². The highest BCUT2D eigenvalue weighted by atomic mass is 32.2. The molecule has 1 N–H and O–H groups in total. The van der Waals surface area contributed by atoms with Gasteiger partial charge in [-0.25, -0.2) is 4.31 Å². The molecule has 0 fully saturated rings. The number of nitrogens with one attached hydrogen (secondary N) is 1. The lowest BCUT2D eigenvalue weighted by atomic mass is 10.2. The molecule has 0 radical (unpaired) electrons. The molecule has 0 aliphatic carbocycles. The highest BCUT2D eigenvalue weighted by Gasteiger charge is 2.38. The summed E-state index contributed by atoms with van der Waals surface area (Å²) < 4.78 is 68.9. The van der Waals surface area contributed by atoms with Crippen LogP contribution in [0, 0.1) is 0 Å². The molecule has 1 heterocycles. The maximum atomic E-state index is 12.5. The maximum Gasteiger partial charge on any atom is 0.573 e. The van der Waals surface area contributed by atoms with Gasteiger partial charge in [-0.15, -0.1) is 13.2 Å². The number of anilines is 3. The van der Waals surface area contributed by atoms with Crippen molar-refractivity contribution in [2.75, 3.05) is 9.03 Å². The molecule has 0 aromatic heterocycles. The van der Waals surface area contributed by atoms with Gasteiger partial charge in [-0.1, -0.05) is 24.3 Å². The number of ether oxygens (including phenoxy) is 1. The molecule has 5 nitrogen and oxygen atoms in total. The number of nitrogens with zero attached hydrogens (tertiary/aromatic N) is 1. The van der Waals surface area contributed by atoms with Gasteiger partial charge in [0, 0.05) is 0 Å². The third kappa shape index (κ3) is 2.54. The number of fused-ring (bicyclic) bond motifs is 1. The van der Waals surface area contributed by atoms with E-state index in [0.29, 0.717) is 0 Å². The third-order valence-corrected chi connectivity index (χ3v) is 4.26.